The lowest BCUT2D eigenvalue weighted by Gasteiger charge is -2.09. The zero-order chi connectivity index (χ0) is 10.3. The maximum Gasteiger partial charge on any atom is 0.327 e. The fourth-order valence-electron chi connectivity index (χ4n) is 1.14. The first-order chi connectivity index (χ1) is 6.02. The topological polar surface area (TPSA) is 37.3 Å². The SMILES string of the molecule is CC(C)CCC(C)CC=CC(=O)O. The van der Waals surface area contributed by atoms with Crippen LogP contribution in [0, 0.1) is 11.8 Å². The summed E-state index contributed by atoms with van der Waals surface area (Å²) in [7, 11) is 0. The number of rotatable bonds is 6. The lowest BCUT2D eigenvalue weighted by Crippen LogP contribution is -1.97. The van der Waals surface area contributed by atoms with Gasteiger partial charge in [0.15, 0.2) is 0 Å². The fourth-order valence-corrected chi connectivity index (χ4v) is 1.14. The molecular formula is C11H20O2. The van der Waals surface area contributed by atoms with Crippen LogP contribution in [-0.4, -0.2) is 11.1 Å². The van der Waals surface area contributed by atoms with Crippen LogP contribution in [0.2, 0.25) is 0 Å². The van der Waals surface area contributed by atoms with E-state index in [1.165, 1.54) is 18.9 Å². The van der Waals surface area contributed by atoms with Gasteiger partial charge in [-0.05, 0) is 18.3 Å². The number of aliphatic carboxylic acids is 1. The molecule has 13 heavy (non-hydrogen) atoms. The largest absolute Gasteiger partial charge is 0.478 e. The lowest BCUT2D eigenvalue weighted by molar-refractivity contribution is -0.131. The number of carboxylic acids is 1. The maximum atomic E-state index is 10.2. The highest BCUT2D eigenvalue weighted by atomic mass is 16.4. The van der Waals surface area contributed by atoms with Crippen molar-refractivity contribution in [2.45, 2.75) is 40.0 Å². The van der Waals surface area contributed by atoms with Gasteiger partial charge in [-0.15, -0.1) is 0 Å². The molecule has 0 bridgehead atoms. The molecule has 1 unspecified atom stereocenters. The van der Waals surface area contributed by atoms with Crippen molar-refractivity contribution in [2.24, 2.45) is 11.8 Å². The van der Waals surface area contributed by atoms with Gasteiger partial charge in [0.2, 0.25) is 0 Å². The smallest absolute Gasteiger partial charge is 0.327 e. The van der Waals surface area contributed by atoms with Crippen molar-refractivity contribution < 1.29 is 9.90 Å². The van der Waals surface area contributed by atoms with E-state index >= 15 is 0 Å². The minimum absolute atomic E-state index is 0.595. The Labute approximate surface area is 80.7 Å². The summed E-state index contributed by atoms with van der Waals surface area (Å²) in [5.74, 6) is 0.486. The molecule has 76 valence electrons. The molecule has 0 fully saturated rings. The van der Waals surface area contributed by atoms with Crippen molar-refractivity contribution in [2.75, 3.05) is 0 Å². The van der Waals surface area contributed by atoms with Crippen LogP contribution in [0.5, 0.6) is 0 Å². The number of carboxylic acid groups (broad SMARTS) is 1. The Kier molecular flexibility index (Phi) is 6.29. The van der Waals surface area contributed by atoms with Gasteiger partial charge >= 0.3 is 5.97 Å². The van der Waals surface area contributed by atoms with Crippen molar-refractivity contribution in [1.82, 2.24) is 0 Å². The molecule has 0 saturated heterocycles. The molecule has 0 aromatic carbocycles. The van der Waals surface area contributed by atoms with Gasteiger partial charge in [0.05, 0.1) is 0 Å². The standard InChI is InChI=1S/C11H20O2/c1-9(2)7-8-10(3)5-4-6-11(12)13/h4,6,9-10H,5,7-8H2,1-3H3,(H,12,13). The van der Waals surface area contributed by atoms with Crippen LogP contribution in [0.25, 0.3) is 0 Å². The van der Waals surface area contributed by atoms with E-state index in [1.807, 2.05) is 0 Å². The molecule has 1 N–H and O–H groups in total. The van der Waals surface area contributed by atoms with E-state index in [2.05, 4.69) is 20.8 Å². The quantitative estimate of drug-likeness (QED) is 0.644. The molecule has 0 amide bonds. The highest BCUT2D eigenvalue weighted by Gasteiger charge is 2.01. The van der Waals surface area contributed by atoms with E-state index in [0.717, 1.165) is 12.3 Å². The number of hydrogen-bond acceptors (Lipinski definition) is 1. The molecule has 0 aliphatic carbocycles. The Bertz CT molecular complexity index is 171. The highest BCUT2D eigenvalue weighted by molar-refractivity contribution is 5.79. The van der Waals surface area contributed by atoms with Gasteiger partial charge in [-0.2, -0.15) is 0 Å². The predicted octanol–water partition coefficient (Wildman–Crippen LogP) is 3.09. The molecule has 2 heteroatoms. The second-order valence-corrected chi connectivity index (χ2v) is 4.05. The van der Waals surface area contributed by atoms with Crippen molar-refractivity contribution in [3.8, 4) is 0 Å². The molecule has 2 nitrogen and oxygen atoms in total. The first-order valence-electron chi connectivity index (χ1n) is 4.91. The Morgan fingerprint density at radius 2 is 1.92 bits per heavy atom. The predicted molar refractivity (Wildman–Crippen MR) is 54.6 cm³/mol. The molecule has 0 spiro atoms. The summed E-state index contributed by atoms with van der Waals surface area (Å²) < 4.78 is 0. The molecule has 0 radical (unpaired) electrons. The highest BCUT2D eigenvalue weighted by Crippen LogP contribution is 2.14. The summed E-state index contributed by atoms with van der Waals surface area (Å²) in [6, 6.07) is 0. The van der Waals surface area contributed by atoms with Crippen LogP contribution >= 0.6 is 0 Å². The van der Waals surface area contributed by atoms with E-state index < -0.39 is 5.97 Å². The monoisotopic (exact) mass is 184 g/mol. The van der Waals surface area contributed by atoms with E-state index in [9.17, 15) is 4.79 Å². The first kappa shape index (κ1) is 12.2. The third-order valence-electron chi connectivity index (χ3n) is 2.04. The Morgan fingerprint density at radius 3 is 2.38 bits per heavy atom. The second-order valence-electron chi connectivity index (χ2n) is 4.05. The van der Waals surface area contributed by atoms with E-state index in [0.29, 0.717) is 5.92 Å². The van der Waals surface area contributed by atoms with Crippen molar-refractivity contribution in [1.29, 1.82) is 0 Å². The molecule has 1 atom stereocenters. The van der Waals surface area contributed by atoms with Crippen LogP contribution in [-0.2, 0) is 4.79 Å². The Hall–Kier alpha value is -0.790. The summed E-state index contributed by atoms with van der Waals surface area (Å²) in [5.41, 5.74) is 0. The Balaban J connectivity index is 3.51. The van der Waals surface area contributed by atoms with Gasteiger partial charge < -0.3 is 5.11 Å². The van der Waals surface area contributed by atoms with Gasteiger partial charge in [-0.25, -0.2) is 4.79 Å². The summed E-state index contributed by atoms with van der Waals surface area (Å²) >= 11 is 0. The third-order valence-corrected chi connectivity index (χ3v) is 2.04. The van der Waals surface area contributed by atoms with Crippen LogP contribution in [0.3, 0.4) is 0 Å². The fraction of sp³-hybridized carbons (Fsp3) is 0.727. The van der Waals surface area contributed by atoms with Crippen LogP contribution in [0.1, 0.15) is 40.0 Å². The normalized spacial score (nSPS) is 13.8. The maximum absolute atomic E-state index is 10.2. The van der Waals surface area contributed by atoms with Crippen LogP contribution in [0.4, 0.5) is 0 Å². The van der Waals surface area contributed by atoms with Crippen molar-refractivity contribution in [3.63, 3.8) is 0 Å². The molecule has 0 rings (SSSR count). The number of allylic oxidation sites excluding steroid dienone is 1. The second kappa shape index (κ2) is 6.70. The van der Waals surface area contributed by atoms with Crippen molar-refractivity contribution in [3.05, 3.63) is 12.2 Å². The zero-order valence-corrected chi connectivity index (χ0v) is 8.79. The summed E-state index contributed by atoms with van der Waals surface area (Å²) in [5, 5.41) is 8.36. The molecule has 0 heterocycles. The van der Waals surface area contributed by atoms with E-state index in [-0.39, 0.29) is 0 Å². The average molecular weight is 184 g/mol. The molecule has 0 aliphatic heterocycles. The molecule has 0 aliphatic rings. The van der Waals surface area contributed by atoms with Gasteiger partial charge in [-0.3, -0.25) is 0 Å². The average Bonchev–Trinajstić information content (AvgIpc) is 2.00. The number of hydrogen-bond donors (Lipinski definition) is 1. The molecule has 0 saturated carbocycles. The number of carbonyl (C=O) groups is 1. The van der Waals surface area contributed by atoms with Gasteiger partial charge in [0, 0.05) is 6.08 Å². The minimum Gasteiger partial charge on any atom is -0.478 e. The molecular weight excluding hydrogens is 164 g/mol. The molecule has 0 aromatic rings. The summed E-state index contributed by atoms with van der Waals surface area (Å²) in [6.07, 6.45) is 6.25. The lowest BCUT2D eigenvalue weighted by atomic mass is 9.97. The van der Waals surface area contributed by atoms with E-state index in [1.54, 1.807) is 6.08 Å². The van der Waals surface area contributed by atoms with Gasteiger partial charge in [0.1, 0.15) is 0 Å². The van der Waals surface area contributed by atoms with E-state index in [4.69, 9.17) is 5.11 Å². The van der Waals surface area contributed by atoms with Crippen LogP contribution < -0.4 is 0 Å². The van der Waals surface area contributed by atoms with Gasteiger partial charge in [0.25, 0.3) is 0 Å². The summed E-state index contributed by atoms with van der Waals surface area (Å²) in [6.45, 7) is 6.58. The Morgan fingerprint density at radius 1 is 1.31 bits per heavy atom. The minimum atomic E-state index is -0.851. The third kappa shape index (κ3) is 9.12. The van der Waals surface area contributed by atoms with Crippen LogP contribution in [0.15, 0.2) is 12.2 Å². The first-order valence-corrected chi connectivity index (χ1v) is 4.91. The van der Waals surface area contributed by atoms with Gasteiger partial charge in [-0.1, -0.05) is 39.7 Å². The zero-order valence-electron chi connectivity index (χ0n) is 8.79. The molecule has 0 aromatic heterocycles. The summed E-state index contributed by atoms with van der Waals surface area (Å²) in [4.78, 5) is 10.2. The van der Waals surface area contributed by atoms with Crippen molar-refractivity contribution >= 4 is 5.97 Å².